The predicted octanol–water partition coefficient (Wildman–Crippen LogP) is 2.75. The Bertz CT molecular complexity index is 827. The van der Waals surface area contributed by atoms with Gasteiger partial charge >= 0.3 is 12.0 Å². The maximum atomic E-state index is 12.5. The van der Waals surface area contributed by atoms with Crippen LogP contribution in [-0.4, -0.2) is 36.7 Å². The molecular weight excluding hydrogens is 352 g/mol. The van der Waals surface area contributed by atoms with Gasteiger partial charge in [0.05, 0.1) is 6.61 Å². The van der Waals surface area contributed by atoms with Crippen LogP contribution in [0.2, 0.25) is 0 Å². The molecule has 0 aliphatic carbocycles. The Balaban J connectivity index is 2.12. The normalized spacial score (nSPS) is 12.0. The molecule has 1 atom stereocenters. The van der Waals surface area contributed by atoms with Gasteiger partial charge in [0.2, 0.25) is 5.76 Å². The minimum Gasteiger partial charge on any atom is -0.449 e. The third-order valence-electron chi connectivity index (χ3n) is 3.64. The zero-order valence-corrected chi connectivity index (χ0v) is 15.8. The number of carbonyl (C=O) groups is 3. The first-order valence-corrected chi connectivity index (χ1v) is 8.74. The molecule has 0 aliphatic heterocycles. The summed E-state index contributed by atoms with van der Waals surface area (Å²) in [4.78, 5) is 36.1. The number of para-hydroxylation sites is 1. The number of benzene rings is 1. The lowest BCUT2D eigenvalue weighted by molar-refractivity contribution is -0.128. The Morgan fingerprint density at radius 1 is 1.15 bits per heavy atom. The number of carbonyl (C=O) groups excluding carboxylic acids is 3. The van der Waals surface area contributed by atoms with Crippen molar-refractivity contribution >= 4 is 28.9 Å². The number of urea groups is 1. The fraction of sp³-hybridized carbons (Fsp3) is 0.421. The lowest BCUT2D eigenvalue weighted by Gasteiger charge is -2.14. The second-order valence-electron chi connectivity index (χ2n) is 6.21. The molecule has 1 aromatic heterocycles. The van der Waals surface area contributed by atoms with E-state index >= 15 is 0 Å². The molecule has 1 aromatic carbocycles. The Morgan fingerprint density at radius 3 is 2.52 bits per heavy atom. The quantitative estimate of drug-likeness (QED) is 0.720. The van der Waals surface area contributed by atoms with Crippen molar-refractivity contribution in [2.45, 2.75) is 46.4 Å². The highest BCUT2D eigenvalue weighted by Crippen LogP contribution is 2.27. The first-order valence-electron chi connectivity index (χ1n) is 8.74. The number of furan rings is 1. The molecule has 27 heavy (non-hydrogen) atoms. The zero-order chi connectivity index (χ0) is 20.0. The Hall–Kier alpha value is -2.87. The van der Waals surface area contributed by atoms with Crippen LogP contribution in [0.3, 0.4) is 0 Å². The predicted molar refractivity (Wildman–Crippen MR) is 98.2 cm³/mol. The molecule has 2 rings (SSSR count). The van der Waals surface area contributed by atoms with Crippen LogP contribution in [0.4, 0.5) is 4.79 Å². The minimum atomic E-state index is -1.18. The van der Waals surface area contributed by atoms with Gasteiger partial charge in [-0.15, -0.1) is 0 Å². The van der Waals surface area contributed by atoms with Crippen LogP contribution >= 0.6 is 0 Å². The number of hydrogen-bond acceptors (Lipinski definition) is 6. The lowest BCUT2D eigenvalue weighted by atomic mass is 10.1. The van der Waals surface area contributed by atoms with E-state index in [1.165, 1.54) is 6.92 Å². The van der Waals surface area contributed by atoms with E-state index in [9.17, 15) is 14.4 Å². The van der Waals surface area contributed by atoms with Crippen LogP contribution < -0.4 is 10.6 Å². The van der Waals surface area contributed by atoms with Crippen molar-refractivity contribution < 1.29 is 28.3 Å². The second kappa shape index (κ2) is 9.18. The summed E-state index contributed by atoms with van der Waals surface area (Å²) in [6.07, 6.45) is -1.18. The molecule has 0 aliphatic rings. The monoisotopic (exact) mass is 376 g/mol. The Kier molecular flexibility index (Phi) is 6.95. The van der Waals surface area contributed by atoms with E-state index in [-0.39, 0.29) is 18.4 Å². The van der Waals surface area contributed by atoms with Crippen molar-refractivity contribution in [1.29, 1.82) is 0 Å². The van der Waals surface area contributed by atoms with E-state index in [0.29, 0.717) is 17.8 Å². The number of rotatable bonds is 7. The van der Waals surface area contributed by atoms with Gasteiger partial charge in [0.15, 0.2) is 6.10 Å². The van der Waals surface area contributed by atoms with Gasteiger partial charge in [0.1, 0.15) is 5.58 Å². The Labute approximate surface area is 157 Å². The molecule has 0 spiro atoms. The van der Waals surface area contributed by atoms with E-state index in [4.69, 9.17) is 13.9 Å². The fourth-order valence-electron chi connectivity index (χ4n) is 2.39. The number of fused-ring (bicyclic) bond motifs is 1. The van der Waals surface area contributed by atoms with E-state index in [0.717, 1.165) is 5.39 Å². The molecule has 2 N–H and O–H groups in total. The number of amides is 3. The molecule has 1 heterocycles. The molecular formula is C19H24N2O6. The average molecular weight is 376 g/mol. The summed E-state index contributed by atoms with van der Waals surface area (Å²) >= 11 is 0. The van der Waals surface area contributed by atoms with Gasteiger partial charge in [-0.3, -0.25) is 10.1 Å². The standard InChI is InChI=1S/C19H24N2O6/c1-5-25-10-14-13-8-6-7-9-15(13)27-16(14)18(23)26-12(4)17(22)21-19(24)20-11(2)3/h6-9,11-12H,5,10H2,1-4H3,(H2,20,21,22,24)/t12-/m0/s1. The molecule has 8 heteroatoms. The summed E-state index contributed by atoms with van der Waals surface area (Å²) in [5.41, 5.74) is 1.08. The van der Waals surface area contributed by atoms with E-state index in [1.807, 2.05) is 19.1 Å². The van der Waals surface area contributed by atoms with E-state index in [2.05, 4.69) is 10.6 Å². The number of ether oxygens (including phenoxy) is 2. The fourth-order valence-corrected chi connectivity index (χ4v) is 2.39. The lowest BCUT2D eigenvalue weighted by Crippen LogP contribution is -2.46. The van der Waals surface area contributed by atoms with Crippen LogP contribution in [-0.2, 0) is 20.9 Å². The van der Waals surface area contributed by atoms with Crippen molar-refractivity contribution in [3.05, 3.63) is 35.6 Å². The van der Waals surface area contributed by atoms with E-state index in [1.54, 1.807) is 26.0 Å². The first kappa shape index (κ1) is 20.4. The zero-order valence-electron chi connectivity index (χ0n) is 15.8. The third-order valence-corrected chi connectivity index (χ3v) is 3.64. The molecule has 0 unspecified atom stereocenters. The summed E-state index contributed by atoms with van der Waals surface area (Å²) in [6, 6.07) is 6.37. The van der Waals surface area contributed by atoms with Crippen LogP contribution in [0.5, 0.6) is 0 Å². The molecule has 0 fully saturated rings. The molecule has 8 nitrogen and oxygen atoms in total. The van der Waals surface area contributed by atoms with Crippen molar-refractivity contribution in [2.24, 2.45) is 0 Å². The van der Waals surface area contributed by atoms with Gasteiger partial charge in [0, 0.05) is 23.6 Å². The maximum absolute atomic E-state index is 12.5. The number of hydrogen-bond donors (Lipinski definition) is 2. The largest absolute Gasteiger partial charge is 0.449 e. The van der Waals surface area contributed by atoms with Crippen LogP contribution in [0.1, 0.15) is 43.8 Å². The van der Waals surface area contributed by atoms with E-state index < -0.39 is 24.0 Å². The number of esters is 1. The first-order chi connectivity index (χ1) is 12.8. The molecule has 146 valence electrons. The smallest absolute Gasteiger partial charge is 0.375 e. The summed E-state index contributed by atoms with van der Waals surface area (Å²) in [5, 5.41) is 5.38. The molecule has 0 saturated heterocycles. The summed E-state index contributed by atoms with van der Waals surface area (Å²) in [6.45, 7) is 7.38. The maximum Gasteiger partial charge on any atom is 0.375 e. The highest BCUT2D eigenvalue weighted by atomic mass is 16.6. The van der Waals surface area contributed by atoms with Crippen molar-refractivity contribution in [3.63, 3.8) is 0 Å². The van der Waals surface area contributed by atoms with Gasteiger partial charge in [-0.05, 0) is 33.8 Å². The van der Waals surface area contributed by atoms with Crippen LogP contribution in [0.25, 0.3) is 11.0 Å². The van der Waals surface area contributed by atoms with Gasteiger partial charge < -0.3 is 19.2 Å². The van der Waals surface area contributed by atoms with Gasteiger partial charge in [0.25, 0.3) is 5.91 Å². The summed E-state index contributed by atoms with van der Waals surface area (Å²) < 4.78 is 16.2. The number of nitrogens with one attached hydrogen (secondary N) is 2. The SMILES string of the molecule is CCOCc1c(C(=O)O[C@@H](C)C(=O)NC(=O)NC(C)C)oc2ccccc12. The van der Waals surface area contributed by atoms with Crippen LogP contribution in [0, 0.1) is 0 Å². The topological polar surface area (TPSA) is 107 Å². The number of imide groups is 1. The molecule has 0 saturated carbocycles. The van der Waals surface area contributed by atoms with Gasteiger partial charge in [-0.2, -0.15) is 0 Å². The van der Waals surface area contributed by atoms with Gasteiger partial charge in [-0.25, -0.2) is 9.59 Å². The van der Waals surface area contributed by atoms with Crippen molar-refractivity contribution in [1.82, 2.24) is 10.6 Å². The molecule has 2 aromatic rings. The van der Waals surface area contributed by atoms with Gasteiger partial charge in [-0.1, -0.05) is 18.2 Å². The molecule has 0 radical (unpaired) electrons. The molecule has 3 amide bonds. The van der Waals surface area contributed by atoms with Crippen LogP contribution in [0.15, 0.2) is 28.7 Å². The highest BCUT2D eigenvalue weighted by molar-refractivity contribution is 6.00. The Morgan fingerprint density at radius 2 is 1.85 bits per heavy atom. The molecule has 0 bridgehead atoms. The van der Waals surface area contributed by atoms with Crippen molar-refractivity contribution in [2.75, 3.05) is 6.61 Å². The third kappa shape index (κ3) is 5.30. The summed E-state index contributed by atoms with van der Waals surface area (Å²) in [5.74, 6) is -1.55. The summed E-state index contributed by atoms with van der Waals surface area (Å²) in [7, 11) is 0. The second-order valence-corrected chi connectivity index (χ2v) is 6.21. The average Bonchev–Trinajstić information content (AvgIpc) is 2.97. The van der Waals surface area contributed by atoms with Crippen molar-refractivity contribution in [3.8, 4) is 0 Å². The minimum absolute atomic E-state index is 0.0177. The highest BCUT2D eigenvalue weighted by Gasteiger charge is 2.26.